The van der Waals surface area contributed by atoms with Crippen molar-refractivity contribution in [1.82, 2.24) is 5.32 Å². The predicted octanol–water partition coefficient (Wildman–Crippen LogP) is 0.185. The van der Waals surface area contributed by atoms with Gasteiger partial charge < -0.3 is 10.1 Å². The number of carbonyl (C=O) groups excluding carboxylic acids is 1. The minimum Gasteiger partial charge on any atom is -0.315 e. The van der Waals surface area contributed by atoms with E-state index in [-0.39, 0.29) is 5.41 Å². The number of carbonyl (C=O) groups is 1. The molecular formula is C7H11NO. The van der Waals surface area contributed by atoms with Gasteiger partial charge in [0.25, 0.3) is 0 Å². The molecule has 0 radical (unpaired) electrons. The average Bonchev–Trinajstić information content (AvgIpc) is 2.29. The zero-order valence-electron chi connectivity index (χ0n) is 5.61. The van der Waals surface area contributed by atoms with Crippen LogP contribution in [0, 0.1) is 10.8 Å². The maximum atomic E-state index is 10.5. The van der Waals surface area contributed by atoms with Crippen molar-refractivity contribution in [2.75, 3.05) is 13.1 Å². The van der Waals surface area contributed by atoms with Gasteiger partial charge in [0.2, 0.25) is 0 Å². The summed E-state index contributed by atoms with van der Waals surface area (Å²) in [5.41, 5.74) is 0.377. The maximum Gasteiger partial charge on any atom is 0.128 e. The Morgan fingerprint density at radius 3 is 2.56 bits per heavy atom. The molecule has 9 heavy (non-hydrogen) atoms. The Hall–Kier alpha value is -0.370. The van der Waals surface area contributed by atoms with Crippen LogP contribution in [0.2, 0.25) is 0 Å². The molecule has 0 aromatic carbocycles. The highest BCUT2D eigenvalue weighted by Crippen LogP contribution is 2.64. The fraction of sp³-hybridized carbons (Fsp3) is 0.857. The molecule has 2 rings (SSSR count). The standard InChI is InChI=1S/C7H11NO/c1-6-2-7(6,5-9)4-8-3-6/h5,8H,2-4H2,1H3/t6-,7+/m1/s1. The number of rotatable bonds is 1. The fourth-order valence-corrected chi connectivity index (χ4v) is 1.95. The lowest BCUT2D eigenvalue weighted by molar-refractivity contribution is -0.112. The Kier molecular flexibility index (Phi) is 0.730. The van der Waals surface area contributed by atoms with Gasteiger partial charge in [0, 0.05) is 18.5 Å². The van der Waals surface area contributed by atoms with Gasteiger partial charge >= 0.3 is 0 Å². The van der Waals surface area contributed by atoms with Gasteiger partial charge in [-0.1, -0.05) is 6.92 Å². The maximum absolute atomic E-state index is 10.5. The van der Waals surface area contributed by atoms with Crippen LogP contribution in [0.25, 0.3) is 0 Å². The predicted molar refractivity (Wildman–Crippen MR) is 34.1 cm³/mol. The summed E-state index contributed by atoms with van der Waals surface area (Å²) in [4.78, 5) is 10.5. The molecule has 0 unspecified atom stereocenters. The molecule has 1 heterocycles. The number of aldehydes is 1. The first-order valence-corrected chi connectivity index (χ1v) is 3.40. The van der Waals surface area contributed by atoms with E-state index in [9.17, 15) is 4.79 Å². The number of nitrogens with one attached hydrogen (secondary N) is 1. The van der Waals surface area contributed by atoms with Crippen LogP contribution in [0.1, 0.15) is 13.3 Å². The summed E-state index contributed by atoms with van der Waals surface area (Å²) >= 11 is 0. The monoisotopic (exact) mass is 125 g/mol. The molecule has 0 aromatic rings. The molecule has 2 atom stereocenters. The SMILES string of the molecule is C[C@@]12CNC[C@]1(C=O)C2. The first kappa shape index (κ1) is 5.42. The molecule has 1 aliphatic carbocycles. The third kappa shape index (κ3) is 0.433. The number of piperidine rings is 1. The van der Waals surface area contributed by atoms with Gasteiger partial charge in [0.1, 0.15) is 6.29 Å². The molecular weight excluding hydrogens is 114 g/mol. The van der Waals surface area contributed by atoms with Crippen molar-refractivity contribution >= 4 is 6.29 Å². The zero-order valence-corrected chi connectivity index (χ0v) is 5.61. The van der Waals surface area contributed by atoms with Gasteiger partial charge in [-0.05, 0) is 11.8 Å². The molecule has 2 fully saturated rings. The molecule has 2 nitrogen and oxygen atoms in total. The lowest BCUT2D eigenvalue weighted by atomic mass is 10.0. The van der Waals surface area contributed by atoms with E-state index < -0.39 is 0 Å². The molecule has 2 aliphatic rings. The smallest absolute Gasteiger partial charge is 0.128 e. The number of hydrogen-bond acceptors (Lipinski definition) is 2. The second kappa shape index (κ2) is 1.21. The van der Waals surface area contributed by atoms with Gasteiger partial charge in [-0.2, -0.15) is 0 Å². The van der Waals surface area contributed by atoms with Crippen LogP contribution in [0.5, 0.6) is 0 Å². The summed E-state index contributed by atoms with van der Waals surface area (Å²) in [5, 5.41) is 3.22. The van der Waals surface area contributed by atoms with E-state index in [1.165, 1.54) is 0 Å². The lowest BCUT2D eigenvalue weighted by Crippen LogP contribution is -2.16. The number of fused-ring (bicyclic) bond motifs is 1. The van der Waals surface area contributed by atoms with Crippen LogP contribution < -0.4 is 5.32 Å². The van der Waals surface area contributed by atoms with Crippen molar-refractivity contribution in [1.29, 1.82) is 0 Å². The van der Waals surface area contributed by atoms with E-state index in [2.05, 4.69) is 12.2 Å². The van der Waals surface area contributed by atoms with Crippen molar-refractivity contribution < 1.29 is 4.79 Å². The van der Waals surface area contributed by atoms with Gasteiger partial charge in [0.15, 0.2) is 0 Å². The van der Waals surface area contributed by atoms with E-state index in [4.69, 9.17) is 0 Å². The Bertz CT molecular complexity index is 164. The van der Waals surface area contributed by atoms with Crippen LogP contribution in [-0.4, -0.2) is 19.4 Å². The largest absolute Gasteiger partial charge is 0.315 e. The summed E-state index contributed by atoms with van der Waals surface area (Å²) in [6, 6.07) is 0. The van der Waals surface area contributed by atoms with E-state index in [0.717, 1.165) is 25.8 Å². The van der Waals surface area contributed by atoms with Crippen molar-refractivity contribution in [2.24, 2.45) is 10.8 Å². The normalized spacial score (nSPS) is 54.8. The van der Waals surface area contributed by atoms with E-state index in [1.807, 2.05) is 0 Å². The van der Waals surface area contributed by atoms with Crippen LogP contribution >= 0.6 is 0 Å². The average molecular weight is 125 g/mol. The van der Waals surface area contributed by atoms with Crippen LogP contribution in [-0.2, 0) is 4.79 Å². The van der Waals surface area contributed by atoms with Crippen LogP contribution in [0.3, 0.4) is 0 Å². The molecule has 0 aromatic heterocycles. The number of hydrogen-bond donors (Lipinski definition) is 1. The minimum absolute atomic E-state index is 0.0486. The molecule has 0 spiro atoms. The summed E-state index contributed by atoms with van der Waals surface area (Å²) in [5.74, 6) is 0. The minimum atomic E-state index is 0.0486. The highest BCUT2D eigenvalue weighted by Gasteiger charge is 2.67. The zero-order chi connectivity index (χ0) is 6.54. The molecule has 1 saturated carbocycles. The summed E-state index contributed by atoms with van der Waals surface area (Å²) < 4.78 is 0. The third-order valence-electron chi connectivity index (χ3n) is 2.96. The quantitative estimate of drug-likeness (QED) is 0.507. The first-order valence-electron chi connectivity index (χ1n) is 3.40. The van der Waals surface area contributed by atoms with E-state index >= 15 is 0 Å². The second-order valence-electron chi connectivity index (χ2n) is 3.61. The van der Waals surface area contributed by atoms with Gasteiger partial charge in [-0.15, -0.1) is 0 Å². The first-order chi connectivity index (χ1) is 4.22. The molecule has 1 saturated heterocycles. The molecule has 1 aliphatic heterocycles. The molecule has 50 valence electrons. The van der Waals surface area contributed by atoms with Crippen LogP contribution in [0.4, 0.5) is 0 Å². The summed E-state index contributed by atoms with van der Waals surface area (Å²) in [6.07, 6.45) is 2.24. The van der Waals surface area contributed by atoms with Gasteiger partial charge in [0.05, 0.1) is 0 Å². The third-order valence-corrected chi connectivity index (χ3v) is 2.96. The summed E-state index contributed by atoms with van der Waals surface area (Å²) in [7, 11) is 0. The lowest BCUT2D eigenvalue weighted by Gasteiger charge is -2.01. The highest BCUT2D eigenvalue weighted by atomic mass is 16.1. The van der Waals surface area contributed by atoms with Gasteiger partial charge in [-0.3, -0.25) is 0 Å². The Morgan fingerprint density at radius 2 is 2.33 bits per heavy atom. The Labute approximate surface area is 54.6 Å². The fourth-order valence-electron chi connectivity index (χ4n) is 1.95. The molecule has 0 bridgehead atoms. The highest BCUT2D eigenvalue weighted by molar-refractivity contribution is 5.68. The Balaban J connectivity index is 2.28. The van der Waals surface area contributed by atoms with Gasteiger partial charge in [-0.25, -0.2) is 0 Å². The van der Waals surface area contributed by atoms with Crippen molar-refractivity contribution in [3.05, 3.63) is 0 Å². The molecule has 1 N–H and O–H groups in total. The van der Waals surface area contributed by atoms with Crippen molar-refractivity contribution in [2.45, 2.75) is 13.3 Å². The second-order valence-corrected chi connectivity index (χ2v) is 3.61. The molecule has 2 heteroatoms. The Morgan fingerprint density at radius 1 is 1.56 bits per heavy atom. The summed E-state index contributed by atoms with van der Waals surface area (Å²) in [6.45, 7) is 4.13. The van der Waals surface area contributed by atoms with Crippen molar-refractivity contribution in [3.63, 3.8) is 0 Å². The van der Waals surface area contributed by atoms with Crippen LogP contribution in [0.15, 0.2) is 0 Å². The molecule has 0 amide bonds. The topological polar surface area (TPSA) is 29.1 Å². The van der Waals surface area contributed by atoms with Crippen molar-refractivity contribution in [3.8, 4) is 0 Å². The van der Waals surface area contributed by atoms with E-state index in [1.54, 1.807) is 0 Å². The van der Waals surface area contributed by atoms with E-state index in [0.29, 0.717) is 5.41 Å².